The summed E-state index contributed by atoms with van der Waals surface area (Å²) in [6.45, 7) is 0. The van der Waals surface area contributed by atoms with Crippen LogP contribution >= 0.6 is 22.7 Å². The smallest absolute Gasteiger partial charge is 0.164 e. The van der Waals surface area contributed by atoms with Gasteiger partial charge in [-0.2, -0.15) is 0 Å². The average Bonchev–Trinajstić information content (AvgIpc) is 3.95. The monoisotopic (exact) mass is 762 g/mol. The molecule has 4 nitrogen and oxygen atoms in total. The summed E-state index contributed by atoms with van der Waals surface area (Å²) in [5, 5.41) is 7.34. The van der Waals surface area contributed by atoms with Gasteiger partial charge in [0.1, 0.15) is 0 Å². The largest absolute Gasteiger partial charge is 0.309 e. The average molecular weight is 763 g/mol. The van der Waals surface area contributed by atoms with Crippen LogP contribution in [0, 0.1) is 0 Å². The molecule has 0 radical (unpaired) electrons. The lowest BCUT2D eigenvalue weighted by atomic mass is 10.0. The molecule has 0 fully saturated rings. The van der Waals surface area contributed by atoms with Gasteiger partial charge in [-0.15, -0.1) is 22.7 Å². The number of para-hydroxylation sites is 1. The molecule has 57 heavy (non-hydrogen) atoms. The highest BCUT2D eigenvalue weighted by Crippen LogP contribution is 2.41. The summed E-state index contributed by atoms with van der Waals surface area (Å²) in [5.41, 5.74) is 8.62. The fourth-order valence-corrected chi connectivity index (χ4v) is 10.7. The van der Waals surface area contributed by atoms with Crippen molar-refractivity contribution >= 4 is 84.8 Å². The first-order valence-corrected chi connectivity index (χ1v) is 20.6. The van der Waals surface area contributed by atoms with E-state index in [4.69, 9.17) is 15.0 Å². The zero-order valence-corrected chi connectivity index (χ0v) is 32.1. The van der Waals surface area contributed by atoms with Crippen LogP contribution in [0.2, 0.25) is 0 Å². The number of hydrogen-bond acceptors (Lipinski definition) is 5. The van der Waals surface area contributed by atoms with Crippen LogP contribution in [0.5, 0.6) is 0 Å². The second-order valence-corrected chi connectivity index (χ2v) is 16.6. The Labute approximate surface area is 335 Å². The van der Waals surface area contributed by atoms with Crippen LogP contribution < -0.4 is 0 Å². The number of rotatable bonds is 5. The van der Waals surface area contributed by atoms with E-state index >= 15 is 0 Å². The Balaban J connectivity index is 1.08. The molecule has 6 heteroatoms. The minimum atomic E-state index is 0.635. The van der Waals surface area contributed by atoms with E-state index in [0.717, 1.165) is 33.4 Å². The number of thiophene rings is 2. The number of benzene rings is 8. The molecule has 0 aliphatic carbocycles. The molecule has 0 saturated heterocycles. The Morgan fingerprint density at radius 3 is 1.77 bits per heavy atom. The minimum Gasteiger partial charge on any atom is -0.309 e. The van der Waals surface area contributed by atoms with Crippen LogP contribution in [0.4, 0.5) is 0 Å². The molecule has 4 heterocycles. The van der Waals surface area contributed by atoms with Crippen LogP contribution in [0.25, 0.3) is 113 Å². The Morgan fingerprint density at radius 2 is 0.912 bits per heavy atom. The second kappa shape index (κ2) is 12.8. The maximum Gasteiger partial charge on any atom is 0.164 e. The summed E-state index contributed by atoms with van der Waals surface area (Å²) < 4.78 is 7.32. The maximum absolute atomic E-state index is 5.31. The van der Waals surface area contributed by atoms with Crippen molar-refractivity contribution in [1.82, 2.24) is 19.5 Å². The van der Waals surface area contributed by atoms with Gasteiger partial charge < -0.3 is 4.57 Å². The molecule has 0 unspecified atom stereocenters. The predicted molar refractivity (Wildman–Crippen MR) is 242 cm³/mol. The first kappa shape index (κ1) is 32.3. The molecule has 0 aliphatic heterocycles. The molecule has 4 aromatic heterocycles. The molecule has 0 atom stereocenters. The van der Waals surface area contributed by atoms with Gasteiger partial charge in [0, 0.05) is 73.5 Å². The number of hydrogen-bond donors (Lipinski definition) is 0. The molecule has 0 aliphatic rings. The van der Waals surface area contributed by atoms with Crippen LogP contribution in [-0.4, -0.2) is 19.5 Å². The van der Waals surface area contributed by atoms with E-state index in [1.165, 1.54) is 62.2 Å². The third-order valence-corrected chi connectivity index (χ3v) is 13.3. The van der Waals surface area contributed by atoms with Gasteiger partial charge in [0.05, 0.1) is 11.0 Å². The lowest BCUT2D eigenvalue weighted by Crippen LogP contribution is -2.01. The molecular formula is C51H30N4S2. The van der Waals surface area contributed by atoms with Gasteiger partial charge in [-0.05, 0) is 59.7 Å². The van der Waals surface area contributed by atoms with Gasteiger partial charge in [0.25, 0.3) is 0 Å². The fourth-order valence-electron chi connectivity index (χ4n) is 8.42. The predicted octanol–water partition coefficient (Wildman–Crippen LogP) is 14.4. The van der Waals surface area contributed by atoms with Crippen molar-refractivity contribution in [2.45, 2.75) is 0 Å². The van der Waals surface area contributed by atoms with Crippen molar-refractivity contribution in [2.75, 3.05) is 0 Å². The van der Waals surface area contributed by atoms with Crippen LogP contribution in [0.3, 0.4) is 0 Å². The highest BCUT2D eigenvalue weighted by Gasteiger charge is 2.19. The summed E-state index contributed by atoms with van der Waals surface area (Å²) in [4.78, 5) is 15.8. The first-order chi connectivity index (χ1) is 28.2. The molecule has 0 N–H and O–H groups in total. The standard InChI is InChI=1S/C51H30N4S2/c1-2-12-31(13-3-1)32-24-26-37-36-16-4-7-20-42(36)55(43(37)29-32)35-15-10-14-33(28-35)49-52-50(34-25-27-39-38-17-5-8-21-44(38)57-47(39)30-34)54-51(53-49)41-19-11-23-46-48(41)40-18-6-9-22-45(40)56-46/h1-30H. The number of fused-ring (bicyclic) bond motifs is 9. The van der Waals surface area contributed by atoms with Crippen LogP contribution in [0.1, 0.15) is 0 Å². The van der Waals surface area contributed by atoms with Crippen LogP contribution in [0.15, 0.2) is 182 Å². The van der Waals surface area contributed by atoms with Crippen molar-refractivity contribution in [3.05, 3.63) is 182 Å². The third kappa shape index (κ3) is 5.22. The summed E-state index contributed by atoms with van der Waals surface area (Å²) in [5.74, 6) is 1.95. The van der Waals surface area contributed by atoms with Crippen molar-refractivity contribution in [3.8, 4) is 51.0 Å². The van der Waals surface area contributed by atoms with Gasteiger partial charge in [-0.3, -0.25) is 0 Å². The first-order valence-electron chi connectivity index (χ1n) is 19.0. The molecule has 266 valence electrons. The second-order valence-electron chi connectivity index (χ2n) is 14.4. The maximum atomic E-state index is 5.31. The third-order valence-electron chi connectivity index (χ3n) is 11.1. The van der Waals surface area contributed by atoms with Crippen molar-refractivity contribution in [3.63, 3.8) is 0 Å². The molecule has 12 rings (SSSR count). The summed E-state index contributed by atoms with van der Waals surface area (Å²) >= 11 is 3.61. The van der Waals surface area contributed by atoms with E-state index < -0.39 is 0 Å². The lowest BCUT2D eigenvalue weighted by molar-refractivity contribution is 1.07. The van der Waals surface area contributed by atoms with Gasteiger partial charge >= 0.3 is 0 Å². The van der Waals surface area contributed by atoms with Crippen molar-refractivity contribution in [2.24, 2.45) is 0 Å². The van der Waals surface area contributed by atoms with Crippen molar-refractivity contribution in [1.29, 1.82) is 0 Å². The van der Waals surface area contributed by atoms with Crippen molar-refractivity contribution < 1.29 is 0 Å². The van der Waals surface area contributed by atoms with E-state index in [9.17, 15) is 0 Å². The van der Waals surface area contributed by atoms with E-state index in [0.29, 0.717) is 17.5 Å². The van der Waals surface area contributed by atoms with E-state index in [2.05, 4.69) is 187 Å². The molecule has 0 saturated carbocycles. The molecule has 8 aromatic carbocycles. The Hall–Kier alpha value is -6.99. The quantitative estimate of drug-likeness (QED) is 0.175. The topological polar surface area (TPSA) is 43.6 Å². The van der Waals surface area contributed by atoms with E-state index in [1.54, 1.807) is 22.7 Å². The number of aromatic nitrogens is 4. The normalized spacial score (nSPS) is 11.9. The Morgan fingerprint density at radius 1 is 0.333 bits per heavy atom. The van der Waals surface area contributed by atoms with Gasteiger partial charge in [-0.25, -0.2) is 15.0 Å². The minimum absolute atomic E-state index is 0.635. The Kier molecular flexibility index (Phi) is 7.24. The van der Waals surface area contributed by atoms with Gasteiger partial charge in [0.2, 0.25) is 0 Å². The Bertz CT molecular complexity index is 3540. The zero-order valence-electron chi connectivity index (χ0n) is 30.4. The molecule has 12 aromatic rings. The van der Waals surface area contributed by atoms with E-state index in [-0.39, 0.29) is 0 Å². The van der Waals surface area contributed by atoms with Crippen LogP contribution in [-0.2, 0) is 0 Å². The fraction of sp³-hybridized carbons (Fsp3) is 0. The highest BCUT2D eigenvalue weighted by atomic mass is 32.1. The molecular weight excluding hydrogens is 733 g/mol. The highest BCUT2D eigenvalue weighted by molar-refractivity contribution is 7.26. The van der Waals surface area contributed by atoms with Gasteiger partial charge in [0.15, 0.2) is 17.5 Å². The molecule has 0 amide bonds. The molecule has 0 bridgehead atoms. The van der Waals surface area contributed by atoms with E-state index in [1.807, 2.05) is 0 Å². The summed E-state index contributed by atoms with van der Waals surface area (Å²) in [6.07, 6.45) is 0. The van der Waals surface area contributed by atoms with Gasteiger partial charge in [-0.1, -0.05) is 133 Å². The zero-order chi connectivity index (χ0) is 37.5. The SMILES string of the molecule is c1ccc(-c2ccc3c4ccccc4n(-c4cccc(-c5nc(-c6ccc7c(c6)sc6ccccc67)nc(-c6cccc7sc8ccccc8c67)n5)c4)c3c2)cc1. The lowest BCUT2D eigenvalue weighted by Gasteiger charge is -2.12. The number of nitrogens with zero attached hydrogens (tertiary/aromatic N) is 4. The summed E-state index contributed by atoms with van der Waals surface area (Å²) in [7, 11) is 0. The molecule has 0 spiro atoms. The summed E-state index contributed by atoms with van der Waals surface area (Å²) in [6, 6.07) is 65.0.